The molecule has 7 nitrogen and oxygen atoms in total. The zero-order valence-electron chi connectivity index (χ0n) is 16.4. The number of nitrogens with zero attached hydrogens (tertiary/aromatic N) is 1. The Balaban J connectivity index is 1.60. The highest BCUT2D eigenvalue weighted by atomic mass is 32.1. The number of carbonyl (C=O) groups excluding carboxylic acids is 2. The molecule has 2 heterocycles. The van der Waals surface area contributed by atoms with Crippen LogP contribution in [0.15, 0.2) is 47.3 Å². The summed E-state index contributed by atoms with van der Waals surface area (Å²) in [4.78, 5) is 36.9. The van der Waals surface area contributed by atoms with Gasteiger partial charge in [0.05, 0.1) is 24.1 Å². The van der Waals surface area contributed by atoms with Gasteiger partial charge in [-0.05, 0) is 25.1 Å². The number of nitrogens with one attached hydrogen (secondary N) is 1. The van der Waals surface area contributed by atoms with Gasteiger partial charge >= 0.3 is 11.9 Å². The predicted octanol–water partition coefficient (Wildman–Crippen LogP) is 3.74. The molecule has 1 N–H and O–H groups in total. The topological polar surface area (TPSA) is 98.3 Å². The zero-order chi connectivity index (χ0) is 22.0. The monoisotopic (exact) mass is 440 g/mol. The summed E-state index contributed by atoms with van der Waals surface area (Å²) < 4.78 is 25.4. The minimum atomic E-state index is -0.629. The first-order valence-electron chi connectivity index (χ1n) is 9.48. The summed E-state index contributed by atoms with van der Waals surface area (Å²) >= 11 is 1.09. The number of aromatic amines is 1. The molecule has 4 rings (SSSR count). The van der Waals surface area contributed by atoms with Crippen LogP contribution in [0.4, 0.5) is 4.39 Å². The number of benzene rings is 2. The smallest absolute Gasteiger partial charge is 0.348 e. The van der Waals surface area contributed by atoms with E-state index in [0.29, 0.717) is 21.2 Å². The standard InChI is InChI=1S/C22H17FN2O5S/c1-2-29-22(28)20-14(19-15(23)8-5-9-17(19)31-20)11-30-18(26)10-16-12-6-3-4-7-13(12)21(27)25-24-16/h3-9H,2,10-11H2,1H3,(H,25,27). The fourth-order valence-corrected chi connectivity index (χ4v) is 4.43. The Labute approximate surface area is 179 Å². The van der Waals surface area contributed by atoms with E-state index in [2.05, 4.69) is 10.2 Å². The van der Waals surface area contributed by atoms with Crippen molar-refractivity contribution in [1.29, 1.82) is 0 Å². The minimum Gasteiger partial charge on any atom is -0.462 e. The minimum absolute atomic E-state index is 0.166. The number of thiophene rings is 1. The third-order valence-corrected chi connectivity index (χ3v) is 5.87. The highest BCUT2D eigenvalue weighted by Crippen LogP contribution is 2.34. The van der Waals surface area contributed by atoms with Crippen molar-refractivity contribution in [1.82, 2.24) is 10.2 Å². The van der Waals surface area contributed by atoms with Gasteiger partial charge in [0.25, 0.3) is 5.56 Å². The molecule has 0 spiro atoms. The zero-order valence-corrected chi connectivity index (χ0v) is 17.3. The van der Waals surface area contributed by atoms with Crippen LogP contribution in [0.3, 0.4) is 0 Å². The lowest BCUT2D eigenvalue weighted by molar-refractivity contribution is -0.144. The van der Waals surface area contributed by atoms with Crippen LogP contribution in [0.5, 0.6) is 0 Å². The summed E-state index contributed by atoms with van der Waals surface area (Å²) in [6.07, 6.45) is -0.198. The molecule has 9 heteroatoms. The molecule has 0 aliphatic rings. The van der Waals surface area contributed by atoms with Gasteiger partial charge in [-0.25, -0.2) is 14.3 Å². The molecule has 0 unspecified atom stereocenters. The van der Waals surface area contributed by atoms with Gasteiger partial charge in [-0.1, -0.05) is 24.3 Å². The molecule has 158 valence electrons. The first-order chi connectivity index (χ1) is 15.0. The molecule has 0 aliphatic heterocycles. The molecule has 0 radical (unpaired) electrons. The fourth-order valence-electron chi connectivity index (χ4n) is 3.31. The van der Waals surface area contributed by atoms with Crippen molar-refractivity contribution in [2.45, 2.75) is 20.0 Å². The van der Waals surface area contributed by atoms with E-state index in [-0.39, 0.29) is 41.0 Å². The van der Waals surface area contributed by atoms with Crippen LogP contribution in [-0.4, -0.2) is 28.7 Å². The van der Waals surface area contributed by atoms with Crippen LogP contribution in [0.2, 0.25) is 0 Å². The number of ether oxygens (including phenoxy) is 2. The molecule has 2 aromatic heterocycles. The number of aromatic nitrogens is 2. The number of esters is 2. The summed E-state index contributed by atoms with van der Waals surface area (Å²) in [5.74, 6) is -1.73. The molecule has 31 heavy (non-hydrogen) atoms. The third-order valence-electron chi connectivity index (χ3n) is 4.69. The van der Waals surface area contributed by atoms with Crippen molar-refractivity contribution in [3.05, 3.63) is 74.8 Å². The summed E-state index contributed by atoms with van der Waals surface area (Å²) in [5.41, 5.74) is 0.267. The molecule has 0 bridgehead atoms. The molecular weight excluding hydrogens is 423 g/mol. The molecule has 0 saturated carbocycles. The van der Waals surface area contributed by atoms with Crippen LogP contribution in [0, 0.1) is 5.82 Å². The maximum absolute atomic E-state index is 14.5. The van der Waals surface area contributed by atoms with Gasteiger partial charge in [-0.15, -0.1) is 11.3 Å². The van der Waals surface area contributed by atoms with Crippen LogP contribution < -0.4 is 5.56 Å². The predicted molar refractivity (Wildman–Crippen MR) is 114 cm³/mol. The maximum atomic E-state index is 14.5. The molecule has 2 aromatic carbocycles. The van der Waals surface area contributed by atoms with Crippen molar-refractivity contribution in [2.75, 3.05) is 6.61 Å². The van der Waals surface area contributed by atoms with E-state index in [0.717, 1.165) is 11.3 Å². The number of carbonyl (C=O) groups is 2. The van der Waals surface area contributed by atoms with Crippen LogP contribution in [0.1, 0.15) is 27.9 Å². The Bertz CT molecular complexity index is 1360. The van der Waals surface area contributed by atoms with Gasteiger partial charge in [0, 0.05) is 21.0 Å². The first kappa shape index (κ1) is 20.7. The summed E-state index contributed by atoms with van der Waals surface area (Å²) in [7, 11) is 0. The molecule has 0 fully saturated rings. The SMILES string of the molecule is CCOC(=O)c1sc2cccc(F)c2c1COC(=O)Cc1n[nH]c(=O)c2ccccc12. The van der Waals surface area contributed by atoms with E-state index in [4.69, 9.17) is 9.47 Å². The lowest BCUT2D eigenvalue weighted by atomic mass is 10.1. The first-order valence-corrected chi connectivity index (χ1v) is 10.3. The summed E-state index contributed by atoms with van der Waals surface area (Å²) in [6, 6.07) is 11.3. The fraction of sp³-hybridized carbons (Fsp3) is 0.182. The van der Waals surface area contributed by atoms with Crippen LogP contribution >= 0.6 is 11.3 Å². The molecule has 0 amide bonds. The molecule has 0 atom stereocenters. The quantitative estimate of drug-likeness (QED) is 0.459. The molecule has 0 saturated heterocycles. The second kappa shape index (κ2) is 8.65. The Morgan fingerprint density at radius 1 is 1.10 bits per heavy atom. The average Bonchev–Trinajstić information content (AvgIpc) is 3.15. The molecule has 4 aromatic rings. The van der Waals surface area contributed by atoms with Crippen LogP contribution in [-0.2, 0) is 27.3 Å². The summed E-state index contributed by atoms with van der Waals surface area (Å²) in [6.45, 7) is 1.54. The van der Waals surface area contributed by atoms with Crippen molar-refractivity contribution >= 4 is 44.1 Å². The van der Waals surface area contributed by atoms with Gasteiger partial charge < -0.3 is 9.47 Å². The lowest BCUT2D eigenvalue weighted by Gasteiger charge is -2.08. The third kappa shape index (κ3) is 4.04. The van der Waals surface area contributed by atoms with Crippen molar-refractivity contribution in [3.63, 3.8) is 0 Å². The Hall–Kier alpha value is -3.59. The van der Waals surface area contributed by atoms with Gasteiger partial charge in [0.1, 0.15) is 17.3 Å². The molecule has 0 aliphatic carbocycles. The Kier molecular flexibility index (Phi) is 5.77. The second-order valence-corrected chi connectivity index (χ2v) is 7.68. The number of H-pyrrole nitrogens is 1. The highest BCUT2D eigenvalue weighted by molar-refractivity contribution is 7.21. The van der Waals surface area contributed by atoms with E-state index in [9.17, 15) is 18.8 Å². The van der Waals surface area contributed by atoms with E-state index in [1.54, 1.807) is 43.3 Å². The Morgan fingerprint density at radius 3 is 2.65 bits per heavy atom. The number of fused-ring (bicyclic) bond motifs is 2. The number of rotatable bonds is 6. The summed E-state index contributed by atoms with van der Waals surface area (Å²) in [5, 5.41) is 7.51. The van der Waals surface area contributed by atoms with Crippen molar-refractivity contribution in [2.24, 2.45) is 0 Å². The van der Waals surface area contributed by atoms with Crippen molar-refractivity contribution in [3.8, 4) is 0 Å². The number of hydrogen-bond acceptors (Lipinski definition) is 7. The van der Waals surface area contributed by atoms with Crippen molar-refractivity contribution < 1.29 is 23.5 Å². The van der Waals surface area contributed by atoms with Gasteiger partial charge in [0.15, 0.2) is 0 Å². The second-order valence-electron chi connectivity index (χ2n) is 6.63. The lowest BCUT2D eigenvalue weighted by Crippen LogP contribution is -2.15. The maximum Gasteiger partial charge on any atom is 0.348 e. The number of halogens is 1. The van der Waals surface area contributed by atoms with E-state index in [1.807, 2.05) is 0 Å². The molecular formula is C22H17FN2O5S. The Morgan fingerprint density at radius 2 is 1.87 bits per heavy atom. The van der Waals surface area contributed by atoms with E-state index >= 15 is 0 Å². The highest BCUT2D eigenvalue weighted by Gasteiger charge is 2.23. The normalized spacial score (nSPS) is 11.0. The van der Waals surface area contributed by atoms with Gasteiger partial charge in [-0.2, -0.15) is 5.10 Å². The van der Waals surface area contributed by atoms with Crippen LogP contribution in [0.25, 0.3) is 20.9 Å². The van der Waals surface area contributed by atoms with E-state index < -0.39 is 17.8 Å². The van der Waals surface area contributed by atoms with E-state index in [1.165, 1.54) is 6.07 Å². The average molecular weight is 440 g/mol. The largest absolute Gasteiger partial charge is 0.462 e. The van der Waals surface area contributed by atoms with Gasteiger partial charge in [-0.3, -0.25) is 9.59 Å². The van der Waals surface area contributed by atoms with Gasteiger partial charge in [0.2, 0.25) is 0 Å². The number of hydrogen-bond donors (Lipinski definition) is 1.